The van der Waals surface area contributed by atoms with E-state index in [1.807, 2.05) is 0 Å². The lowest BCUT2D eigenvalue weighted by molar-refractivity contribution is -0.136. The van der Waals surface area contributed by atoms with Gasteiger partial charge in [0.1, 0.15) is 36.1 Å². The van der Waals surface area contributed by atoms with Crippen LogP contribution in [0.15, 0.2) is 11.1 Å². The Morgan fingerprint density at radius 2 is 2.00 bits per heavy atom. The number of esters is 1. The number of fused-ring (bicyclic) bond motifs is 4. The number of epoxide rings is 3. The topological polar surface area (TPSA) is 84.1 Å². The molecule has 0 aromatic rings. The van der Waals surface area contributed by atoms with Gasteiger partial charge in [-0.05, 0) is 36.7 Å². The van der Waals surface area contributed by atoms with Gasteiger partial charge in [0.15, 0.2) is 5.60 Å². The summed E-state index contributed by atoms with van der Waals surface area (Å²) in [6.07, 6.45) is 1.71. The van der Waals surface area contributed by atoms with Gasteiger partial charge < -0.3 is 24.1 Å². The van der Waals surface area contributed by atoms with E-state index in [4.69, 9.17) is 18.9 Å². The summed E-state index contributed by atoms with van der Waals surface area (Å²) in [5, 5.41) is 11.4. The molecule has 4 heterocycles. The van der Waals surface area contributed by atoms with Crippen LogP contribution in [0.1, 0.15) is 40.0 Å². The summed E-state index contributed by atoms with van der Waals surface area (Å²) in [5.41, 5.74) is 0.230. The van der Waals surface area contributed by atoms with Crippen LogP contribution in [-0.4, -0.2) is 58.9 Å². The Morgan fingerprint density at radius 1 is 1.19 bits per heavy atom. The van der Waals surface area contributed by atoms with Gasteiger partial charge in [0, 0.05) is 11.0 Å². The van der Waals surface area contributed by atoms with Crippen molar-refractivity contribution in [2.75, 3.05) is 6.61 Å². The highest BCUT2D eigenvalue weighted by molar-refractivity contribution is 5.92. The van der Waals surface area contributed by atoms with E-state index in [1.54, 1.807) is 0 Å². The molecule has 0 radical (unpaired) electrons. The molecule has 0 aromatic heterocycles. The van der Waals surface area contributed by atoms with Crippen molar-refractivity contribution < 1.29 is 28.8 Å². The minimum absolute atomic E-state index is 0.00808. The third-order valence-electron chi connectivity index (χ3n) is 9.10. The van der Waals surface area contributed by atoms with Crippen LogP contribution in [0.2, 0.25) is 0 Å². The van der Waals surface area contributed by atoms with Gasteiger partial charge in [-0.25, -0.2) is 4.79 Å². The summed E-state index contributed by atoms with van der Waals surface area (Å²) in [6, 6.07) is 0. The number of rotatable bonds is 1. The van der Waals surface area contributed by atoms with Gasteiger partial charge in [-0.1, -0.05) is 20.8 Å². The number of hydrogen-bond donors (Lipinski definition) is 1. The van der Waals surface area contributed by atoms with Crippen LogP contribution in [0.5, 0.6) is 0 Å². The van der Waals surface area contributed by atoms with Crippen molar-refractivity contribution in [2.45, 2.75) is 81.3 Å². The predicted molar refractivity (Wildman–Crippen MR) is 87.1 cm³/mol. The quantitative estimate of drug-likeness (QED) is 0.557. The van der Waals surface area contributed by atoms with Gasteiger partial charge in [-0.2, -0.15) is 0 Å². The average molecular weight is 360 g/mol. The van der Waals surface area contributed by atoms with Gasteiger partial charge >= 0.3 is 5.97 Å². The molecule has 7 rings (SSSR count). The van der Waals surface area contributed by atoms with Gasteiger partial charge in [0.2, 0.25) is 0 Å². The Bertz CT molecular complexity index is 819. The van der Waals surface area contributed by atoms with Crippen LogP contribution in [0.3, 0.4) is 0 Å². The SMILES string of the molecule is CC(C)[C@]12O[C@@H]1[C@@H]1O[C@@]13[C@]1(O[C@H]1C[C@H]1C4=C(CC[C@]13C)C(=O)OC4)[C@@H]2O. The number of aliphatic hydroxyl groups is 1. The predicted octanol–water partition coefficient (Wildman–Crippen LogP) is 1.10. The zero-order valence-electron chi connectivity index (χ0n) is 15.3. The summed E-state index contributed by atoms with van der Waals surface area (Å²) < 4.78 is 24.3. The van der Waals surface area contributed by atoms with Crippen LogP contribution in [0.4, 0.5) is 0 Å². The Labute approximate surface area is 151 Å². The van der Waals surface area contributed by atoms with E-state index in [2.05, 4.69) is 20.8 Å². The van der Waals surface area contributed by atoms with Crippen molar-refractivity contribution in [3.63, 3.8) is 0 Å². The molecule has 26 heavy (non-hydrogen) atoms. The molecule has 5 fully saturated rings. The number of cyclic esters (lactones) is 1. The van der Waals surface area contributed by atoms with E-state index in [0.29, 0.717) is 6.61 Å². The molecular weight excluding hydrogens is 336 g/mol. The molecule has 0 amide bonds. The van der Waals surface area contributed by atoms with E-state index in [1.165, 1.54) is 0 Å². The smallest absolute Gasteiger partial charge is 0.334 e. The molecule has 2 spiro atoms. The second-order valence-electron chi connectivity index (χ2n) is 9.91. The van der Waals surface area contributed by atoms with E-state index >= 15 is 0 Å². The first kappa shape index (κ1) is 15.0. The minimum atomic E-state index is -0.654. The molecule has 2 saturated carbocycles. The fraction of sp³-hybridized carbons (Fsp3) is 0.850. The summed E-state index contributed by atoms with van der Waals surface area (Å²) >= 11 is 0. The van der Waals surface area contributed by atoms with Crippen molar-refractivity contribution in [2.24, 2.45) is 17.3 Å². The zero-order chi connectivity index (χ0) is 17.9. The Kier molecular flexibility index (Phi) is 2.19. The third-order valence-corrected chi connectivity index (χ3v) is 9.10. The summed E-state index contributed by atoms with van der Waals surface area (Å²) in [4.78, 5) is 12.1. The standard InChI is InChI=1S/C20H24O6/c1-8(2)18-13(25-18)14-20(26-14)17(3)5-4-9-10(7-23-15(9)21)11(17)6-12-19(20,24-12)16(18)22/h8,11-14,16,22H,4-7H2,1-3H3/t11-,12-,13+,14-,16+,17+,18-,19+,20-/m0/s1. The van der Waals surface area contributed by atoms with Crippen molar-refractivity contribution in [1.82, 2.24) is 0 Å². The maximum atomic E-state index is 12.1. The molecule has 6 nitrogen and oxygen atoms in total. The molecule has 0 unspecified atom stereocenters. The maximum absolute atomic E-state index is 12.1. The van der Waals surface area contributed by atoms with Crippen LogP contribution >= 0.6 is 0 Å². The molecule has 6 heteroatoms. The van der Waals surface area contributed by atoms with Crippen LogP contribution < -0.4 is 0 Å². The number of hydrogen-bond acceptors (Lipinski definition) is 6. The Hall–Kier alpha value is -0.950. The lowest BCUT2D eigenvalue weighted by atomic mass is 9.46. The van der Waals surface area contributed by atoms with Gasteiger partial charge in [0.05, 0.1) is 6.10 Å². The first-order chi connectivity index (χ1) is 12.3. The van der Waals surface area contributed by atoms with Crippen molar-refractivity contribution in [1.29, 1.82) is 0 Å². The summed E-state index contributed by atoms with van der Waals surface area (Å²) in [5.74, 6) is 0.297. The molecule has 3 saturated heterocycles. The van der Waals surface area contributed by atoms with E-state index in [9.17, 15) is 9.90 Å². The first-order valence-electron chi connectivity index (χ1n) is 9.95. The number of carbonyl (C=O) groups excluding carboxylic acids is 1. The Morgan fingerprint density at radius 3 is 2.77 bits per heavy atom. The Balaban J connectivity index is 1.39. The fourth-order valence-corrected chi connectivity index (χ4v) is 7.70. The highest BCUT2D eigenvalue weighted by Crippen LogP contribution is 2.82. The second-order valence-corrected chi connectivity index (χ2v) is 9.91. The van der Waals surface area contributed by atoms with Crippen LogP contribution in [0, 0.1) is 17.3 Å². The highest BCUT2D eigenvalue weighted by Gasteiger charge is 3.00. The zero-order valence-corrected chi connectivity index (χ0v) is 15.3. The molecule has 0 bridgehead atoms. The minimum Gasteiger partial charge on any atom is -0.458 e. The molecular formula is C20H24O6. The molecule has 7 aliphatic rings. The molecule has 3 aliphatic carbocycles. The average Bonchev–Trinajstić information content (AvgIpc) is 3.47. The lowest BCUT2D eigenvalue weighted by Gasteiger charge is -2.53. The number of aliphatic hydroxyl groups excluding tert-OH is 1. The fourth-order valence-electron chi connectivity index (χ4n) is 7.70. The largest absolute Gasteiger partial charge is 0.458 e. The summed E-state index contributed by atoms with van der Waals surface area (Å²) in [6.45, 7) is 6.91. The van der Waals surface area contributed by atoms with Crippen molar-refractivity contribution in [3.05, 3.63) is 11.1 Å². The lowest BCUT2D eigenvalue weighted by Crippen LogP contribution is -2.69. The molecule has 9 atom stereocenters. The van der Waals surface area contributed by atoms with Crippen LogP contribution in [0.25, 0.3) is 0 Å². The first-order valence-corrected chi connectivity index (χ1v) is 9.95. The molecule has 4 aliphatic heterocycles. The summed E-state index contributed by atoms with van der Waals surface area (Å²) in [7, 11) is 0. The number of ether oxygens (including phenoxy) is 4. The molecule has 140 valence electrons. The maximum Gasteiger partial charge on any atom is 0.334 e. The third kappa shape index (κ3) is 1.14. The van der Waals surface area contributed by atoms with E-state index < -0.39 is 22.9 Å². The number of carbonyl (C=O) groups is 1. The van der Waals surface area contributed by atoms with Crippen molar-refractivity contribution in [3.8, 4) is 0 Å². The normalized spacial score (nSPS) is 63.1. The molecule has 1 N–H and O–H groups in total. The monoisotopic (exact) mass is 360 g/mol. The van der Waals surface area contributed by atoms with Gasteiger partial charge in [0.25, 0.3) is 0 Å². The van der Waals surface area contributed by atoms with Crippen LogP contribution in [-0.2, 0) is 23.7 Å². The van der Waals surface area contributed by atoms with Crippen molar-refractivity contribution >= 4 is 5.97 Å². The molecule has 0 aromatic carbocycles. The van der Waals surface area contributed by atoms with E-state index in [0.717, 1.165) is 30.4 Å². The highest BCUT2D eigenvalue weighted by atomic mass is 16.7. The van der Waals surface area contributed by atoms with E-state index in [-0.39, 0.29) is 41.5 Å². The van der Waals surface area contributed by atoms with Gasteiger partial charge in [-0.3, -0.25) is 0 Å². The second kappa shape index (κ2) is 3.79. The van der Waals surface area contributed by atoms with Gasteiger partial charge in [-0.15, -0.1) is 0 Å².